The van der Waals surface area contributed by atoms with Crippen LogP contribution in [0.15, 0.2) is 5.11 Å². The Morgan fingerprint density at radius 3 is 2.46 bits per heavy atom. The number of hydrogen-bond acceptors (Lipinski definition) is 7. The predicted octanol–water partition coefficient (Wildman–Crippen LogP) is 2.49. The van der Waals surface area contributed by atoms with Crippen LogP contribution in [-0.2, 0) is 23.4 Å². The van der Waals surface area contributed by atoms with Crippen molar-refractivity contribution in [2.24, 2.45) is 5.11 Å². The van der Waals surface area contributed by atoms with Gasteiger partial charge in [-0.25, -0.2) is 0 Å². The molecule has 2 aliphatic heterocycles. The van der Waals surface area contributed by atoms with Gasteiger partial charge in [0.2, 0.25) is 0 Å². The second-order valence-electron chi connectivity index (χ2n) is 8.75. The summed E-state index contributed by atoms with van der Waals surface area (Å²) in [7, 11) is -2.08. The number of fused-ring (bicyclic) bond motifs is 1. The molecule has 26 heavy (non-hydrogen) atoms. The van der Waals surface area contributed by atoms with Crippen molar-refractivity contribution in [2.45, 2.75) is 89.0 Å². The molecule has 0 spiro atoms. The van der Waals surface area contributed by atoms with Crippen LogP contribution < -0.4 is 0 Å². The standard InChI is InChI=1S/C16H29N3O6Si/c1-15(2,3)26(6,7)22-8-9(20)11-13-12(24-16(4,5)25-13)10(18-19-17)14(21)23-11/h9-13,20H,8H2,1-7H3/t9-,10+,11-,12-,13+/m1/s1. The maximum Gasteiger partial charge on any atom is 0.318 e. The number of hydrogen-bond donors (Lipinski definition) is 1. The van der Waals surface area contributed by atoms with Gasteiger partial charge in [0.15, 0.2) is 26.3 Å². The second kappa shape index (κ2) is 7.10. The highest BCUT2D eigenvalue weighted by Gasteiger charge is 2.57. The molecule has 0 radical (unpaired) electrons. The fourth-order valence-electron chi connectivity index (χ4n) is 2.79. The number of rotatable bonds is 5. The van der Waals surface area contributed by atoms with Gasteiger partial charge in [-0.1, -0.05) is 25.9 Å². The van der Waals surface area contributed by atoms with E-state index in [1.54, 1.807) is 13.8 Å². The number of esters is 1. The third-order valence-electron chi connectivity index (χ3n) is 5.27. The smallest absolute Gasteiger partial charge is 0.318 e. The summed E-state index contributed by atoms with van der Waals surface area (Å²) >= 11 is 0. The number of ether oxygens (including phenoxy) is 3. The first-order valence-corrected chi connectivity index (χ1v) is 11.6. The minimum atomic E-state index is -2.08. The Hall–Kier alpha value is -1.16. The van der Waals surface area contributed by atoms with Crippen LogP contribution in [0.2, 0.25) is 18.1 Å². The molecule has 10 heteroatoms. The lowest BCUT2D eigenvalue weighted by Crippen LogP contribution is -2.58. The predicted molar refractivity (Wildman–Crippen MR) is 95.8 cm³/mol. The fourth-order valence-corrected chi connectivity index (χ4v) is 3.81. The third-order valence-corrected chi connectivity index (χ3v) is 9.77. The molecule has 0 aromatic heterocycles. The summed E-state index contributed by atoms with van der Waals surface area (Å²) in [4.78, 5) is 14.9. The molecule has 2 fully saturated rings. The zero-order valence-corrected chi connectivity index (χ0v) is 17.4. The first-order chi connectivity index (χ1) is 11.8. The normalized spacial score (nSPS) is 32.4. The first kappa shape index (κ1) is 21.1. The zero-order valence-electron chi connectivity index (χ0n) is 16.4. The van der Waals surface area contributed by atoms with Crippen molar-refractivity contribution in [3.8, 4) is 0 Å². The van der Waals surface area contributed by atoms with Gasteiger partial charge in [-0.2, -0.15) is 0 Å². The molecular weight excluding hydrogens is 358 g/mol. The zero-order chi connectivity index (χ0) is 19.9. The molecule has 0 amide bonds. The Bertz CT molecular complexity index is 599. The summed E-state index contributed by atoms with van der Waals surface area (Å²) in [5.41, 5.74) is 8.70. The molecule has 148 valence electrons. The molecule has 0 saturated carbocycles. The van der Waals surface area contributed by atoms with E-state index >= 15 is 0 Å². The van der Waals surface area contributed by atoms with Gasteiger partial charge in [-0.15, -0.1) is 0 Å². The molecule has 0 aromatic rings. The van der Waals surface area contributed by atoms with E-state index < -0.39 is 50.5 Å². The molecule has 2 saturated heterocycles. The summed E-state index contributed by atoms with van der Waals surface area (Å²) in [5.74, 6) is -1.72. The van der Waals surface area contributed by atoms with Gasteiger partial charge in [0, 0.05) is 4.91 Å². The van der Waals surface area contributed by atoms with Crippen molar-refractivity contribution >= 4 is 14.3 Å². The number of cyclic esters (lactones) is 1. The number of aliphatic hydroxyl groups is 1. The molecule has 0 aliphatic carbocycles. The maximum atomic E-state index is 12.2. The van der Waals surface area contributed by atoms with Crippen LogP contribution in [-0.4, -0.2) is 62.2 Å². The molecule has 0 aromatic carbocycles. The maximum absolute atomic E-state index is 12.2. The van der Waals surface area contributed by atoms with Gasteiger partial charge in [-0.3, -0.25) is 4.79 Å². The fraction of sp³-hybridized carbons (Fsp3) is 0.938. The van der Waals surface area contributed by atoms with Crippen LogP contribution >= 0.6 is 0 Å². The highest BCUT2D eigenvalue weighted by atomic mass is 28.4. The minimum absolute atomic E-state index is 0.0138. The third kappa shape index (κ3) is 4.21. The molecular formula is C16H29N3O6Si. The molecule has 9 nitrogen and oxygen atoms in total. The number of aliphatic hydroxyl groups excluding tert-OH is 1. The van der Waals surface area contributed by atoms with Gasteiger partial charge in [0.05, 0.1) is 6.61 Å². The van der Waals surface area contributed by atoms with Crippen molar-refractivity contribution in [3.63, 3.8) is 0 Å². The van der Waals surface area contributed by atoms with E-state index in [2.05, 4.69) is 43.9 Å². The van der Waals surface area contributed by atoms with Gasteiger partial charge in [0.1, 0.15) is 18.3 Å². The first-order valence-electron chi connectivity index (χ1n) is 8.71. The molecule has 1 N–H and O–H groups in total. The van der Waals surface area contributed by atoms with Crippen LogP contribution in [0, 0.1) is 0 Å². The summed E-state index contributed by atoms with van der Waals surface area (Å²) in [6.07, 6.45) is -3.58. The summed E-state index contributed by atoms with van der Waals surface area (Å²) in [5, 5.41) is 14.1. The molecule has 2 rings (SSSR count). The van der Waals surface area contributed by atoms with E-state index in [4.69, 9.17) is 24.2 Å². The van der Waals surface area contributed by atoms with Crippen LogP contribution in [0.25, 0.3) is 10.4 Å². The Kier molecular flexibility index (Phi) is 5.77. The van der Waals surface area contributed by atoms with Gasteiger partial charge >= 0.3 is 5.97 Å². The lowest BCUT2D eigenvalue weighted by molar-refractivity contribution is -0.187. The topological polar surface area (TPSA) is 123 Å². The molecule has 0 bridgehead atoms. The number of nitrogens with zero attached hydrogens (tertiary/aromatic N) is 3. The average Bonchev–Trinajstić information content (AvgIpc) is 2.81. The van der Waals surface area contributed by atoms with E-state index in [1.807, 2.05) is 0 Å². The second-order valence-corrected chi connectivity index (χ2v) is 13.6. The largest absolute Gasteiger partial charge is 0.456 e. The van der Waals surface area contributed by atoms with Crippen molar-refractivity contribution in [1.82, 2.24) is 0 Å². The van der Waals surface area contributed by atoms with E-state index in [9.17, 15) is 9.90 Å². The lowest BCUT2D eigenvalue weighted by atomic mass is 9.95. The highest BCUT2D eigenvalue weighted by molar-refractivity contribution is 6.74. The monoisotopic (exact) mass is 387 g/mol. The summed E-state index contributed by atoms with van der Waals surface area (Å²) in [6.45, 7) is 13.9. The van der Waals surface area contributed by atoms with Crippen molar-refractivity contribution in [1.29, 1.82) is 0 Å². The Morgan fingerprint density at radius 1 is 1.35 bits per heavy atom. The lowest BCUT2D eigenvalue weighted by Gasteiger charge is -2.39. The number of carbonyl (C=O) groups excluding carboxylic acids is 1. The van der Waals surface area contributed by atoms with E-state index in [-0.39, 0.29) is 11.6 Å². The van der Waals surface area contributed by atoms with E-state index in [0.717, 1.165) is 0 Å². The van der Waals surface area contributed by atoms with Gasteiger partial charge < -0.3 is 23.7 Å². The van der Waals surface area contributed by atoms with Gasteiger partial charge in [0.25, 0.3) is 0 Å². The SMILES string of the molecule is CC1(C)O[C@H]2[C@@H]([C@H](O)CO[Si](C)(C)C(C)(C)C)OC(=O)[C@@H](N=[N+]=[N-])[C@H]2O1. The van der Waals surface area contributed by atoms with Gasteiger partial charge in [-0.05, 0) is 37.5 Å². The van der Waals surface area contributed by atoms with Crippen molar-refractivity contribution in [2.75, 3.05) is 6.61 Å². The average molecular weight is 388 g/mol. The Balaban J connectivity index is 2.16. The quantitative estimate of drug-likeness (QED) is 0.254. The van der Waals surface area contributed by atoms with E-state index in [0.29, 0.717) is 0 Å². The molecule has 5 atom stereocenters. The van der Waals surface area contributed by atoms with Crippen LogP contribution in [0.3, 0.4) is 0 Å². The summed E-state index contributed by atoms with van der Waals surface area (Å²) in [6, 6.07) is -1.14. The molecule has 2 heterocycles. The van der Waals surface area contributed by atoms with E-state index in [1.165, 1.54) is 0 Å². The van der Waals surface area contributed by atoms with Crippen LogP contribution in [0.1, 0.15) is 34.6 Å². The Labute approximate surface area is 154 Å². The number of azide groups is 1. The summed E-state index contributed by atoms with van der Waals surface area (Å²) < 4.78 is 22.9. The highest BCUT2D eigenvalue weighted by Crippen LogP contribution is 2.39. The number of carbonyl (C=O) groups is 1. The minimum Gasteiger partial charge on any atom is -0.456 e. The van der Waals surface area contributed by atoms with Crippen LogP contribution in [0.5, 0.6) is 0 Å². The van der Waals surface area contributed by atoms with Crippen molar-refractivity contribution in [3.05, 3.63) is 10.4 Å². The molecule has 0 unspecified atom stereocenters. The Morgan fingerprint density at radius 2 is 1.92 bits per heavy atom. The van der Waals surface area contributed by atoms with Crippen LogP contribution in [0.4, 0.5) is 0 Å². The van der Waals surface area contributed by atoms with Crippen molar-refractivity contribution < 1.29 is 28.5 Å². The molecule has 2 aliphatic rings.